The predicted octanol–water partition coefficient (Wildman–Crippen LogP) is 2.31. The molecular formula is C12H12N4. The second-order valence-corrected chi connectivity index (χ2v) is 4.08. The molecule has 0 fully saturated rings. The molecule has 3 N–H and O–H groups in total. The summed E-state index contributed by atoms with van der Waals surface area (Å²) in [5.74, 6) is 0.572. The van der Waals surface area contributed by atoms with E-state index in [0.717, 1.165) is 16.3 Å². The maximum absolute atomic E-state index is 5.78. The lowest BCUT2D eigenvalue weighted by Gasteiger charge is -2.04. The first-order valence-electron chi connectivity index (χ1n) is 5.17. The van der Waals surface area contributed by atoms with Crippen LogP contribution >= 0.6 is 0 Å². The Kier molecular flexibility index (Phi) is 1.68. The molecule has 2 aromatic heterocycles. The fourth-order valence-electron chi connectivity index (χ4n) is 1.93. The molecule has 0 aliphatic rings. The van der Waals surface area contributed by atoms with Gasteiger partial charge in [0.05, 0.1) is 10.9 Å². The number of rotatable bonds is 0. The molecule has 3 rings (SSSR count). The number of nitrogen functional groups attached to an aromatic ring is 1. The van der Waals surface area contributed by atoms with Crippen LogP contribution in [0.3, 0.4) is 0 Å². The third kappa shape index (κ3) is 1.10. The summed E-state index contributed by atoms with van der Waals surface area (Å²) in [5, 5.41) is 8.81. The Labute approximate surface area is 92.5 Å². The number of aromatic amines is 1. The third-order valence-corrected chi connectivity index (χ3v) is 3.06. The van der Waals surface area contributed by atoms with E-state index in [1.54, 1.807) is 0 Å². The van der Waals surface area contributed by atoms with E-state index >= 15 is 0 Å². The first-order chi connectivity index (χ1) is 7.66. The summed E-state index contributed by atoms with van der Waals surface area (Å²) in [6.45, 7) is 4.16. The van der Waals surface area contributed by atoms with Crippen LogP contribution in [0.1, 0.15) is 11.1 Å². The summed E-state index contributed by atoms with van der Waals surface area (Å²) in [4.78, 5) is 4.54. The number of pyridine rings is 1. The summed E-state index contributed by atoms with van der Waals surface area (Å²) in [7, 11) is 0. The zero-order valence-corrected chi connectivity index (χ0v) is 9.20. The molecule has 0 spiro atoms. The minimum absolute atomic E-state index is 0.572. The molecule has 80 valence electrons. The van der Waals surface area contributed by atoms with E-state index in [1.165, 1.54) is 11.1 Å². The summed E-state index contributed by atoms with van der Waals surface area (Å²) in [5.41, 5.74) is 9.89. The van der Waals surface area contributed by atoms with E-state index in [2.05, 4.69) is 41.2 Å². The summed E-state index contributed by atoms with van der Waals surface area (Å²) in [6.07, 6.45) is 0. The predicted molar refractivity (Wildman–Crippen MR) is 65.3 cm³/mol. The van der Waals surface area contributed by atoms with Crippen molar-refractivity contribution in [3.8, 4) is 0 Å². The Balaban J connectivity index is 2.53. The Bertz CT molecular complexity index is 697. The van der Waals surface area contributed by atoms with Crippen LogP contribution in [0, 0.1) is 13.8 Å². The Morgan fingerprint density at radius 1 is 1.25 bits per heavy atom. The van der Waals surface area contributed by atoms with Gasteiger partial charge in [-0.25, -0.2) is 4.98 Å². The molecule has 0 bridgehead atoms. The van der Waals surface area contributed by atoms with Gasteiger partial charge < -0.3 is 5.73 Å². The number of benzene rings is 1. The molecule has 0 aliphatic carbocycles. The minimum atomic E-state index is 0.572. The molecule has 0 unspecified atom stereocenters. The molecule has 1 aromatic carbocycles. The zero-order valence-electron chi connectivity index (χ0n) is 9.20. The second kappa shape index (κ2) is 2.95. The van der Waals surface area contributed by atoms with E-state index < -0.39 is 0 Å². The van der Waals surface area contributed by atoms with Gasteiger partial charge in [-0.15, -0.1) is 0 Å². The number of hydrogen-bond acceptors (Lipinski definition) is 3. The van der Waals surface area contributed by atoms with Gasteiger partial charge in [-0.3, -0.25) is 5.10 Å². The molecule has 0 saturated heterocycles. The highest BCUT2D eigenvalue weighted by molar-refractivity contribution is 5.97. The topological polar surface area (TPSA) is 67.6 Å². The van der Waals surface area contributed by atoms with E-state index in [4.69, 9.17) is 5.73 Å². The fraction of sp³-hybridized carbons (Fsp3) is 0.167. The maximum Gasteiger partial charge on any atom is 0.183 e. The quantitative estimate of drug-likeness (QED) is 0.600. The molecule has 3 aromatic rings. The van der Waals surface area contributed by atoms with Crippen LogP contribution in [0.4, 0.5) is 5.82 Å². The Morgan fingerprint density at radius 3 is 2.88 bits per heavy atom. The molecule has 0 atom stereocenters. The molecule has 0 aliphatic heterocycles. The lowest BCUT2D eigenvalue weighted by Crippen LogP contribution is -1.89. The SMILES string of the molecule is Cc1ccc2cc3c(N)[nH]nc3nc2c1C. The van der Waals surface area contributed by atoms with Crippen molar-refractivity contribution in [2.24, 2.45) is 0 Å². The highest BCUT2D eigenvalue weighted by atomic mass is 15.2. The van der Waals surface area contributed by atoms with Crippen LogP contribution in [0.25, 0.3) is 21.9 Å². The normalized spacial score (nSPS) is 11.4. The smallest absolute Gasteiger partial charge is 0.183 e. The van der Waals surface area contributed by atoms with Gasteiger partial charge in [0, 0.05) is 5.39 Å². The van der Waals surface area contributed by atoms with Crippen molar-refractivity contribution in [3.05, 3.63) is 29.3 Å². The van der Waals surface area contributed by atoms with Gasteiger partial charge in [0.15, 0.2) is 5.65 Å². The molecule has 0 saturated carbocycles. The van der Waals surface area contributed by atoms with Crippen LogP contribution in [0.15, 0.2) is 18.2 Å². The van der Waals surface area contributed by atoms with Gasteiger partial charge in [-0.1, -0.05) is 12.1 Å². The first kappa shape index (κ1) is 9.15. The van der Waals surface area contributed by atoms with Crippen molar-refractivity contribution in [1.29, 1.82) is 0 Å². The molecule has 0 radical (unpaired) electrons. The van der Waals surface area contributed by atoms with Gasteiger partial charge in [0.25, 0.3) is 0 Å². The van der Waals surface area contributed by atoms with Gasteiger partial charge in [0.1, 0.15) is 5.82 Å². The van der Waals surface area contributed by atoms with Gasteiger partial charge in [0.2, 0.25) is 0 Å². The number of anilines is 1. The van der Waals surface area contributed by atoms with Crippen LogP contribution in [0.2, 0.25) is 0 Å². The molecule has 2 heterocycles. The Morgan fingerprint density at radius 2 is 2.06 bits per heavy atom. The fourth-order valence-corrected chi connectivity index (χ4v) is 1.93. The lowest BCUT2D eigenvalue weighted by molar-refractivity contribution is 1.11. The number of aryl methyl sites for hydroxylation is 2. The number of nitrogens with one attached hydrogen (secondary N) is 1. The monoisotopic (exact) mass is 212 g/mol. The highest BCUT2D eigenvalue weighted by Gasteiger charge is 2.08. The number of fused-ring (bicyclic) bond motifs is 2. The van der Waals surface area contributed by atoms with Crippen molar-refractivity contribution in [2.75, 3.05) is 5.73 Å². The molecule has 4 heteroatoms. The van der Waals surface area contributed by atoms with Gasteiger partial charge in [-0.2, -0.15) is 5.10 Å². The van der Waals surface area contributed by atoms with E-state index in [-0.39, 0.29) is 0 Å². The lowest BCUT2D eigenvalue weighted by atomic mass is 10.0. The minimum Gasteiger partial charge on any atom is -0.384 e. The number of aromatic nitrogens is 3. The van der Waals surface area contributed by atoms with Crippen molar-refractivity contribution in [3.63, 3.8) is 0 Å². The van der Waals surface area contributed by atoms with E-state index in [1.807, 2.05) is 6.07 Å². The third-order valence-electron chi connectivity index (χ3n) is 3.06. The Hall–Kier alpha value is -2.10. The molecular weight excluding hydrogens is 200 g/mol. The number of nitrogens with zero attached hydrogens (tertiary/aromatic N) is 2. The largest absolute Gasteiger partial charge is 0.384 e. The van der Waals surface area contributed by atoms with Crippen molar-refractivity contribution in [1.82, 2.24) is 15.2 Å². The van der Waals surface area contributed by atoms with Gasteiger partial charge in [-0.05, 0) is 31.0 Å². The van der Waals surface area contributed by atoms with Crippen molar-refractivity contribution >= 4 is 27.8 Å². The van der Waals surface area contributed by atoms with Crippen molar-refractivity contribution in [2.45, 2.75) is 13.8 Å². The van der Waals surface area contributed by atoms with Crippen LogP contribution in [0.5, 0.6) is 0 Å². The second-order valence-electron chi connectivity index (χ2n) is 4.08. The van der Waals surface area contributed by atoms with Crippen LogP contribution in [-0.4, -0.2) is 15.2 Å². The van der Waals surface area contributed by atoms with Crippen LogP contribution < -0.4 is 5.73 Å². The molecule has 0 amide bonds. The first-order valence-corrected chi connectivity index (χ1v) is 5.17. The van der Waals surface area contributed by atoms with Crippen LogP contribution in [-0.2, 0) is 0 Å². The van der Waals surface area contributed by atoms with E-state index in [9.17, 15) is 0 Å². The van der Waals surface area contributed by atoms with Crippen molar-refractivity contribution < 1.29 is 0 Å². The summed E-state index contributed by atoms with van der Waals surface area (Å²) < 4.78 is 0. The average molecular weight is 212 g/mol. The van der Waals surface area contributed by atoms with Gasteiger partial charge >= 0.3 is 0 Å². The number of nitrogens with two attached hydrogens (primary N) is 1. The van der Waals surface area contributed by atoms with E-state index in [0.29, 0.717) is 11.5 Å². The average Bonchev–Trinajstić information content (AvgIpc) is 2.64. The molecule has 4 nitrogen and oxygen atoms in total. The number of H-pyrrole nitrogens is 1. The summed E-state index contributed by atoms with van der Waals surface area (Å²) in [6, 6.07) is 6.20. The highest BCUT2D eigenvalue weighted by Crippen LogP contribution is 2.25. The standard InChI is InChI=1S/C12H12N4/c1-6-3-4-8-5-9-11(13)15-16-12(9)14-10(8)7(6)2/h3-5H,1-2H3,(H3,13,14,15,16). The zero-order chi connectivity index (χ0) is 11.3. The molecule has 16 heavy (non-hydrogen) atoms. The number of hydrogen-bond donors (Lipinski definition) is 2. The maximum atomic E-state index is 5.78. The summed E-state index contributed by atoms with van der Waals surface area (Å²) >= 11 is 0.